The van der Waals surface area contributed by atoms with E-state index < -0.39 is 0 Å². The number of hydrogen-bond donors (Lipinski definition) is 1. The number of nitrogens with one attached hydrogen (secondary N) is 1. The van der Waals surface area contributed by atoms with E-state index in [2.05, 4.69) is 10.4 Å². The predicted octanol–water partition coefficient (Wildman–Crippen LogP) is 7.41. The van der Waals surface area contributed by atoms with E-state index >= 15 is 0 Å². The number of carbonyl (C=O) groups excluding carboxylic acids is 1. The van der Waals surface area contributed by atoms with Gasteiger partial charge in [-0.15, -0.1) is 11.8 Å². The summed E-state index contributed by atoms with van der Waals surface area (Å²) in [5, 5.41) is 8.57. The standard InChI is InChI=1S/C26H25Cl3N4OS/c27-17-3-5-19-16(13-17)15-35-24-22(30-33(23(19)24)21-6-4-18(28)14-20(21)29)25(34)31-32-11-9-26(10-12-32)7-1-2-8-26/h3-6,13-14H,1-2,7-12,15H2,(H,31,34). The van der Waals surface area contributed by atoms with Gasteiger partial charge in [-0.3, -0.25) is 10.2 Å². The number of hydrazine groups is 1. The van der Waals surface area contributed by atoms with E-state index in [9.17, 15) is 4.79 Å². The van der Waals surface area contributed by atoms with Gasteiger partial charge in [-0.05, 0) is 67.0 Å². The van der Waals surface area contributed by atoms with Crippen molar-refractivity contribution in [1.29, 1.82) is 0 Å². The largest absolute Gasteiger partial charge is 0.287 e. The minimum Gasteiger partial charge on any atom is -0.283 e. The van der Waals surface area contributed by atoms with E-state index in [0.717, 1.165) is 53.4 Å². The summed E-state index contributed by atoms with van der Waals surface area (Å²) in [4.78, 5) is 14.4. The molecule has 182 valence electrons. The Labute approximate surface area is 224 Å². The molecular weight excluding hydrogens is 523 g/mol. The summed E-state index contributed by atoms with van der Waals surface area (Å²) in [7, 11) is 0. The number of thioether (sulfide) groups is 1. The molecule has 1 saturated carbocycles. The van der Waals surface area contributed by atoms with E-state index in [-0.39, 0.29) is 5.91 Å². The van der Waals surface area contributed by atoms with Crippen LogP contribution in [-0.4, -0.2) is 33.8 Å². The molecule has 2 fully saturated rings. The van der Waals surface area contributed by atoms with Crippen molar-refractivity contribution in [2.45, 2.75) is 49.2 Å². The maximum absolute atomic E-state index is 13.5. The van der Waals surface area contributed by atoms with E-state index in [1.54, 1.807) is 28.6 Å². The summed E-state index contributed by atoms with van der Waals surface area (Å²) in [6, 6.07) is 11.1. The fourth-order valence-electron chi connectivity index (χ4n) is 5.73. The molecule has 1 aliphatic carbocycles. The SMILES string of the molecule is O=C(NN1CCC2(CCCC2)CC1)c1nn(-c2ccc(Cl)cc2Cl)c2c1SCc1cc(Cl)ccc1-2. The fraction of sp³-hybridized carbons (Fsp3) is 0.385. The Balaban J connectivity index is 1.36. The van der Waals surface area contributed by atoms with Crippen molar-refractivity contribution in [3.05, 3.63) is 62.7 Å². The molecule has 5 nitrogen and oxygen atoms in total. The van der Waals surface area contributed by atoms with Crippen molar-refractivity contribution in [3.8, 4) is 16.9 Å². The van der Waals surface area contributed by atoms with E-state index in [1.807, 2.05) is 24.3 Å². The van der Waals surface area contributed by atoms with Gasteiger partial charge in [0, 0.05) is 34.5 Å². The Hall–Kier alpha value is -1.70. The maximum Gasteiger partial charge on any atom is 0.287 e. The van der Waals surface area contributed by atoms with Gasteiger partial charge in [0.1, 0.15) is 0 Å². The maximum atomic E-state index is 13.5. The Bertz CT molecular complexity index is 1310. The average molecular weight is 548 g/mol. The van der Waals surface area contributed by atoms with Crippen molar-refractivity contribution < 1.29 is 4.79 Å². The topological polar surface area (TPSA) is 50.2 Å². The van der Waals surface area contributed by atoms with Gasteiger partial charge in [0.25, 0.3) is 5.91 Å². The number of piperidine rings is 1. The van der Waals surface area contributed by atoms with Crippen molar-refractivity contribution in [2.24, 2.45) is 5.41 Å². The number of nitrogens with zero attached hydrogens (tertiary/aromatic N) is 3. The van der Waals surface area contributed by atoms with Crippen molar-refractivity contribution >= 4 is 52.5 Å². The van der Waals surface area contributed by atoms with Crippen LogP contribution in [0.15, 0.2) is 41.3 Å². The molecule has 35 heavy (non-hydrogen) atoms. The summed E-state index contributed by atoms with van der Waals surface area (Å²) < 4.78 is 1.77. The molecule has 0 unspecified atom stereocenters. The number of hydrogen-bond acceptors (Lipinski definition) is 4. The summed E-state index contributed by atoms with van der Waals surface area (Å²) >= 11 is 20.6. The van der Waals surface area contributed by atoms with Crippen molar-refractivity contribution in [3.63, 3.8) is 0 Å². The summed E-state index contributed by atoms with van der Waals surface area (Å²) in [5.74, 6) is 0.535. The molecule has 3 aromatic rings. The Morgan fingerprint density at radius 1 is 0.971 bits per heavy atom. The molecule has 3 heterocycles. The summed E-state index contributed by atoms with van der Waals surface area (Å²) in [5.41, 5.74) is 7.69. The third-order valence-corrected chi connectivity index (χ3v) is 9.54. The third kappa shape index (κ3) is 4.38. The van der Waals surface area contributed by atoms with Gasteiger partial charge in [-0.1, -0.05) is 53.7 Å². The van der Waals surface area contributed by atoms with Crippen LogP contribution in [0.3, 0.4) is 0 Å². The first-order valence-electron chi connectivity index (χ1n) is 12.0. The zero-order chi connectivity index (χ0) is 24.2. The van der Waals surface area contributed by atoms with Gasteiger partial charge in [0.05, 0.1) is 21.3 Å². The minimum absolute atomic E-state index is 0.183. The van der Waals surface area contributed by atoms with Crippen LogP contribution in [-0.2, 0) is 5.75 Å². The average Bonchev–Trinajstić information content (AvgIpc) is 3.46. The molecule has 6 rings (SSSR count). The third-order valence-electron chi connectivity index (χ3n) is 7.64. The number of benzene rings is 2. The molecule has 9 heteroatoms. The monoisotopic (exact) mass is 546 g/mol. The molecule has 1 aromatic heterocycles. The zero-order valence-electron chi connectivity index (χ0n) is 19.1. The van der Waals surface area contributed by atoms with Gasteiger partial charge in [0.2, 0.25) is 0 Å². The molecule has 0 radical (unpaired) electrons. The molecule has 0 atom stereocenters. The molecule has 1 saturated heterocycles. The molecule has 2 aliphatic heterocycles. The number of fused-ring (bicyclic) bond motifs is 3. The van der Waals surface area contributed by atoms with Crippen LogP contribution in [0.5, 0.6) is 0 Å². The van der Waals surface area contributed by atoms with Crippen LogP contribution in [0, 0.1) is 5.41 Å². The van der Waals surface area contributed by atoms with Gasteiger partial charge < -0.3 is 0 Å². The lowest BCUT2D eigenvalue weighted by Gasteiger charge is -2.39. The molecule has 3 aliphatic rings. The van der Waals surface area contributed by atoms with Gasteiger partial charge in [-0.25, -0.2) is 9.69 Å². The lowest BCUT2D eigenvalue weighted by atomic mass is 9.77. The number of aromatic nitrogens is 2. The molecule has 2 aromatic carbocycles. The number of rotatable bonds is 3. The minimum atomic E-state index is -0.183. The molecule has 1 spiro atoms. The molecule has 1 amide bonds. The van der Waals surface area contributed by atoms with Crippen LogP contribution in [0.2, 0.25) is 15.1 Å². The highest BCUT2D eigenvalue weighted by Crippen LogP contribution is 2.47. The van der Waals surface area contributed by atoms with E-state index in [0.29, 0.717) is 31.9 Å². The number of carbonyl (C=O) groups is 1. The highest BCUT2D eigenvalue weighted by molar-refractivity contribution is 7.98. The second-order valence-electron chi connectivity index (χ2n) is 9.76. The van der Waals surface area contributed by atoms with Crippen LogP contribution < -0.4 is 5.43 Å². The van der Waals surface area contributed by atoms with Crippen LogP contribution >= 0.6 is 46.6 Å². The Kier molecular flexibility index (Phi) is 6.30. The first kappa shape index (κ1) is 23.7. The van der Waals surface area contributed by atoms with E-state index in [4.69, 9.17) is 39.9 Å². The summed E-state index contributed by atoms with van der Waals surface area (Å²) in [6.45, 7) is 1.76. The fourth-order valence-corrected chi connectivity index (χ4v) is 7.56. The number of halogens is 3. The van der Waals surface area contributed by atoms with Gasteiger partial charge >= 0.3 is 0 Å². The van der Waals surface area contributed by atoms with Crippen LogP contribution in [0.25, 0.3) is 16.9 Å². The van der Waals surface area contributed by atoms with Crippen molar-refractivity contribution in [1.82, 2.24) is 20.2 Å². The molecule has 1 N–H and O–H groups in total. The highest BCUT2D eigenvalue weighted by atomic mass is 35.5. The van der Waals surface area contributed by atoms with Gasteiger partial charge in [-0.2, -0.15) is 5.10 Å². The highest BCUT2D eigenvalue weighted by Gasteiger charge is 2.38. The van der Waals surface area contributed by atoms with Gasteiger partial charge in [0.15, 0.2) is 5.69 Å². The zero-order valence-corrected chi connectivity index (χ0v) is 22.2. The van der Waals surface area contributed by atoms with Crippen molar-refractivity contribution in [2.75, 3.05) is 13.1 Å². The number of amides is 1. The van der Waals surface area contributed by atoms with Crippen LogP contribution in [0.4, 0.5) is 0 Å². The van der Waals surface area contributed by atoms with Crippen LogP contribution in [0.1, 0.15) is 54.6 Å². The Morgan fingerprint density at radius 2 is 1.69 bits per heavy atom. The second kappa shape index (κ2) is 9.31. The normalized spacial score (nSPS) is 18.9. The Morgan fingerprint density at radius 3 is 2.43 bits per heavy atom. The molecular formula is C26H25Cl3N4OS. The summed E-state index contributed by atoms with van der Waals surface area (Å²) in [6.07, 6.45) is 7.62. The quantitative estimate of drug-likeness (QED) is 0.371. The molecule has 0 bridgehead atoms. The first-order valence-corrected chi connectivity index (χ1v) is 14.1. The smallest absolute Gasteiger partial charge is 0.283 e. The lowest BCUT2D eigenvalue weighted by Crippen LogP contribution is -2.49. The first-order chi connectivity index (χ1) is 16.9. The lowest BCUT2D eigenvalue weighted by molar-refractivity contribution is 0.0525. The second-order valence-corrected chi connectivity index (χ2v) is 12.0. The van der Waals surface area contributed by atoms with E-state index in [1.165, 1.54) is 25.7 Å². The predicted molar refractivity (Wildman–Crippen MR) is 143 cm³/mol.